The molecule has 88 valence electrons. The van der Waals surface area contributed by atoms with Gasteiger partial charge in [0.05, 0.1) is 12.7 Å². The number of halogens is 1. The average molecular weight is 340 g/mol. The fraction of sp³-hybridized carbons (Fsp3) is 0.231. The van der Waals surface area contributed by atoms with Crippen LogP contribution in [0, 0.1) is 17.4 Å². The van der Waals surface area contributed by atoms with Gasteiger partial charge in [0.2, 0.25) is 0 Å². The van der Waals surface area contributed by atoms with Gasteiger partial charge < -0.3 is 0 Å². The highest BCUT2D eigenvalue weighted by Crippen LogP contribution is 2.13. The molecule has 0 saturated carbocycles. The van der Waals surface area contributed by atoms with Crippen molar-refractivity contribution >= 4 is 22.6 Å². The fourth-order valence-corrected chi connectivity index (χ4v) is 2.17. The van der Waals surface area contributed by atoms with Gasteiger partial charge in [-0.25, -0.2) is 4.68 Å². The van der Waals surface area contributed by atoms with E-state index in [0.29, 0.717) is 6.54 Å². The number of aryl methyl sites for hydroxylation is 2. The van der Waals surface area contributed by atoms with Gasteiger partial charge in [0, 0.05) is 9.64 Å². The van der Waals surface area contributed by atoms with Crippen LogP contribution in [0.4, 0.5) is 0 Å². The maximum atomic E-state index is 11.8. The van der Waals surface area contributed by atoms with Crippen LogP contribution in [0.1, 0.15) is 16.7 Å². The molecule has 0 spiro atoms. The Morgan fingerprint density at radius 3 is 2.53 bits per heavy atom. The van der Waals surface area contributed by atoms with Crippen molar-refractivity contribution in [1.29, 1.82) is 0 Å². The van der Waals surface area contributed by atoms with Crippen molar-refractivity contribution in [3.8, 4) is 0 Å². The van der Waals surface area contributed by atoms with E-state index in [2.05, 4.69) is 53.7 Å². The maximum Gasteiger partial charge on any atom is 0.268 e. The summed E-state index contributed by atoms with van der Waals surface area (Å²) in [6, 6.07) is 7.74. The van der Waals surface area contributed by atoms with Gasteiger partial charge >= 0.3 is 0 Å². The first kappa shape index (κ1) is 12.3. The molecule has 0 saturated heterocycles. The van der Waals surface area contributed by atoms with E-state index >= 15 is 0 Å². The Morgan fingerprint density at radius 2 is 1.94 bits per heavy atom. The van der Waals surface area contributed by atoms with Crippen LogP contribution < -0.4 is 5.56 Å². The van der Waals surface area contributed by atoms with E-state index in [-0.39, 0.29) is 5.56 Å². The van der Waals surface area contributed by atoms with Gasteiger partial charge in [-0.3, -0.25) is 4.79 Å². The zero-order valence-electron chi connectivity index (χ0n) is 9.77. The van der Waals surface area contributed by atoms with E-state index in [1.54, 1.807) is 12.3 Å². The van der Waals surface area contributed by atoms with Crippen molar-refractivity contribution in [2.24, 2.45) is 0 Å². The van der Waals surface area contributed by atoms with Gasteiger partial charge in [0.15, 0.2) is 0 Å². The Labute approximate surface area is 114 Å². The minimum absolute atomic E-state index is 0.0560. The SMILES string of the molecule is Cc1cccc(C)c1Cn1ncc(I)cc1=O. The molecule has 3 nitrogen and oxygen atoms in total. The molecule has 0 aliphatic heterocycles. The molecule has 17 heavy (non-hydrogen) atoms. The predicted molar refractivity (Wildman–Crippen MR) is 76.2 cm³/mol. The molecule has 2 aromatic rings. The van der Waals surface area contributed by atoms with Crippen molar-refractivity contribution < 1.29 is 0 Å². The Bertz CT molecular complexity index is 584. The molecule has 1 heterocycles. The second-order valence-electron chi connectivity index (χ2n) is 4.04. The summed E-state index contributed by atoms with van der Waals surface area (Å²) in [5.74, 6) is 0. The zero-order valence-corrected chi connectivity index (χ0v) is 11.9. The summed E-state index contributed by atoms with van der Waals surface area (Å²) in [6.45, 7) is 4.65. The van der Waals surface area contributed by atoms with E-state index in [0.717, 1.165) is 3.57 Å². The lowest BCUT2D eigenvalue weighted by atomic mass is 10.0. The molecular formula is C13H13IN2O. The summed E-state index contributed by atoms with van der Waals surface area (Å²) < 4.78 is 2.36. The fourth-order valence-electron chi connectivity index (χ4n) is 1.78. The molecule has 0 N–H and O–H groups in total. The second kappa shape index (κ2) is 5.00. The lowest BCUT2D eigenvalue weighted by molar-refractivity contribution is 0.632. The minimum Gasteiger partial charge on any atom is -0.268 e. The first-order valence-corrected chi connectivity index (χ1v) is 6.43. The summed E-state index contributed by atoms with van der Waals surface area (Å²) in [7, 11) is 0. The number of nitrogens with zero attached hydrogens (tertiary/aromatic N) is 2. The van der Waals surface area contributed by atoms with Gasteiger partial charge in [0.1, 0.15) is 0 Å². The highest BCUT2D eigenvalue weighted by molar-refractivity contribution is 14.1. The molecule has 0 radical (unpaired) electrons. The molecule has 0 amide bonds. The van der Waals surface area contributed by atoms with Gasteiger partial charge in [0.25, 0.3) is 5.56 Å². The highest BCUT2D eigenvalue weighted by atomic mass is 127. The molecule has 0 fully saturated rings. The third kappa shape index (κ3) is 2.74. The van der Waals surface area contributed by atoms with Crippen LogP contribution in [0.15, 0.2) is 35.3 Å². The first-order valence-electron chi connectivity index (χ1n) is 5.35. The average Bonchev–Trinajstić information content (AvgIpc) is 2.26. The molecule has 0 unspecified atom stereocenters. The van der Waals surface area contributed by atoms with Gasteiger partial charge in [-0.1, -0.05) is 18.2 Å². The normalized spacial score (nSPS) is 10.5. The van der Waals surface area contributed by atoms with Crippen LogP contribution >= 0.6 is 22.6 Å². The molecule has 1 aromatic heterocycles. The number of hydrogen-bond acceptors (Lipinski definition) is 2. The molecule has 2 rings (SSSR count). The minimum atomic E-state index is -0.0560. The summed E-state index contributed by atoms with van der Waals surface area (Å²) in [5.41, 5.74) is 3.50. The van der Waals surface area contributed by atoms with E-state index in [1.165, 1.54) is 21.4 Å². The van der Waals surface area contributed by atoms with E-state index < -0.39 is 0 Å². The van der Waals surface area contributed by atoms with Crippen LogP contribution in [-0.2, 0) is 6.54 Å². The first-order chi connectivity index (χ1) is 8.08. The molecule has 4 heteroatoms. The number of rotatable bonds is 2. The summed E-state index contributed by atoms with van der Waals surface area (Å²) in [4.78, 5) is 11.8. The van der Waals surface area contributed by atoms with Crippen LogP contribution in [0.5, 0.6) is 0 Å². The monoisotopic (exact) mass is 340 g/mol. The van der Waals surface area contributed by atoms with Crippen LogP contribution in [0.2, 0.25) is 0 Å². The van der Waals surface area contributed by atoms with Crippen LogP contribution in [-0.4, -0.2) is 9.78 Å². The number of benzene rings is 1. The highest BCUT2D eigenvalue weighted by Gasteiger charge is 2.05. The van der Waals surface area contributed by atoms with Gasteiger partial charge in [-0.2, -0.15) is 5.10 Å². The Morgan fingerprint density at radius 1 is 1.29 bits per heavy atom. The summed E-state index contributed by atoms with van der Waals surface area (Å²) in [6.07, 6.45) is 1.70. The number of hydrogen-bond donors (Lipinski definition) is 0. The molecule has 1 aromatic carbocycles. The largest absolute Gasteiger partial charge is 0.268 e. The lowest BCUT2D eigenvalue weighted by Gasteiger charge is -2.10. The third-order valence-corrected chi connectivity index (χ3v) is 3.38. The smallest absolute Gasteiger partial charge is 0.268 e. The van der Waals surface area contributed by atoms with E-state index in [4.69, 9.17) is 0 Å². The van der Waals surface area contributed by atoms with Gasteiger partial charge in [-0.05, 0) is 53.1 Å². The van der Waals surface area contributed by atoms with Crippen LogP contribution in [0.3, 0.4) is 0 Å². The van der Waals surface area contributed by atoms with E-state index in [1.807, 2.05) is 6.07 Å². The molecule has 0 bridgehead atoms. The molecule has 0 aliphatic carbocycles. The standard InChI is InChI=1S/C13H13IN2O/c1-9-4-3-5-10(2)12(9)8-16-13(17)6-11(14)7-15-16/h3-7H,8H2,1-2H3. The van der Waals surface area contributed by atoms with Crippen molar-refractivity contribution in [1.82, 2.24) is 9.78 Å². The van der Waals surface area contributed by atoms with E-state index in [9.17, 15) is 4.79 Å². The predicted octanol–water partition coefficient (Wildman–Crippen LogP) is 2.51. The lowest BCUT2D eigenvalue weighted by Crippen LogP contribution is -2.23. The van der Waals surface area contributed by atoms with Gasteiger partial charge in [-0.15, -0.1) is 0 Å². The molecule has 0 atom stereocenters. The van der Waals surface area contributed by atoms with Crippen molar-refractivity contribution in [2.75, 3.05) is 0 Å². The summed E-state index contributed by atoms with van der Waals surface area (Å²) in [5, 5.41) is 4.15. The van der Waals surface area contributed by atoms with Crippen molar-refractivity contribution in [3.63, 3.8) is 0 Å². The number of aromatic nitrogens is 2. The maximum absolute atomic E-state index is 11.8. The van der Waals surface area contributed by atoms with Crippen LogP contribution in [0.25, 0.3) is 0 Å². The summed E-state index contributed by atoms with van der Waals surface area (Å²) >= 11 is 2.09. The topological polar surface area (TPSA) is 34.9 Å². The Hall–Kier alpha value is -1.17. The van der Waals surface area contributed by atoms with Crippen molar-refractivity contribution in [3.05, 3.63) is 61.1 Å². The third-order valence-electron chi connectivity index (χ3n) is 2.79. The molecule has 0 aliphatic rings. The van der Waals surface area contributed by atoms with Crippen molar-refractivity contribution in [2.45, 2.75) is 20.4 Å². The second-order valence-corrected chi connectivity index (χ2v) is 5.29. The Kier molecular flexibility index (Phi) is 3.61. The quantitative estimate of drug-likeness (QED) is 0.788. The zero-order chi connectivity index (χ0) is 12.4. The molecular weight excluding hydrogens is 327 g/mol. The Balaban J connectivity index is 2.42.